The average Bonchev–Trinajstić information content (AvgIpc) is 3.02. The minimum Gasteiger partial charge on any atom is -0.312 e. The Labute approximate surface area is 127 Å². The van der Waals surface area contributed by atoms with E-state index in [0.29, 0.717) is 0 Å². The van der Waals surface area contributed by atoms with Crippen molar-refractivity contribution in [2.45, 2.75) is 13.0 Å². The lowest BCUT2D eigenvalue weighted by atomic mass is 9.91. The molecule has 0 saturated carbocycles. The van der Waals surface area contributed by atoms with Crippen molar-refractivity contribution in [3.63, 3.8) is 0 Å². The molecule has 2 aromatic carbocycles. The van der Waals surface area contributed by atoms with E-state index in [0.717, 1.165) is 40.7 Å². The Balaban J connectivity index is 1.87. The number of ketones is 1. The second kappa shape index (κ2) is 5.10. The van der Waals surface area contributed by atoms with Crippen LogP contribution in [0, 0.1) is 0 Å². The van der Waals surface area contributed by atoms with Gasteiger partial charge in [-0.05, 0) is 47.0 Å². The van der Waals surface area contributed by atoms with Crippen LogP contribution in [0.25, 0.3) is 10.1 Å². The molecule has 2 nitrogen and oxygen atoms in total. The zero-order valence-corrected chi connectivity index (χ0v) is 12.4. The molecular weight excluding hydrogens is 278 g/mol. The van der Waals surface area contributed by atoms with Crippen molar-refractivity contribution in [3.05, 3.63) is 70.1 Å². The standard InChI is InChI=1S/C18H15NOS/c20-17(16-6-1-3-12-8-10-21-18(12)16)15-5-2-4-13-11-19-9-7-14(13)15/h1-6,8,10,19H,7,9,11H2. The number of carbonyl (C=O) groups is 1. The molecule has 0 amide bonds. The summed E-state index contributed by atoms with van der Waals surface area (Å²) in [5.74, 6) is 0.154. The van der Waals surface area contributed by atoms with Gasteiger partial charge in [0.2, 0.25) is 0 Å². The smallest absolute Gasteiger partial charge is 0.194 e. The summed E-state index contributed by atoms with van der Waals surface area (Å²) >= 11 is 1.64. The van der Waals surface area contributed by atoms with Crippen LogP contribution in [0.1, 0.15) is 27.0 Å². The van der Waals surface area contributed by atoms with Crippen LogP contribution in [0.2, 0.25) is 0 Å². The number of hydrogen-bond donors (Lipinski definition) is 1. The Bertz CT molecular complexity index is 834. The maximum absolute atomic E-state index is 13.0. The molecule has 104 valence electrons. The highest BCUT2D eigenvalue weighted by atomic mass is 32.1. The number of hydrogen-bond acceptors (Lipinski definition) is 3. The van der Waals surface area contributed by atoms with Crippen molar-refractivity contribution in [3.8, 4) is 0 Å². The van der Waals surface area contributed by atoms with Crippen LogP contribution in [0.15, 0.2) is 47.8 Å². The summed E-state index contributed by atoms with van der Waals surface area (Å²) in [7, 11) is 0. The van der Waals surface area contributed by atoms with E-state index in [4.69, 9.17) is 0 Å². The number of nitrogens with one attached hydrogen (secondary N) is 1. The molecule has 1 aliphatic rings. The van der Waals surface area contributed by atoms with Gasteiger partial charge in [-0.15, -0.1) is 11.3 Å². The highest BCUT2D eigenvalue weighted by Crippen LogP contribution is 2.28. The van der Waals surface area contributed by atoms with E-state index >= 15 is 0 Å². The second-order valence-corrected chi connectivity index (χ2v) is 6.26. The lowest BCUT2D eigenvalue weighted by Gasteiger charge is -2.19. The molecule has 0 saturated heterocycles. The minimum atomic E-state index is 0.154. The summed E-state index contributed by atoms with van der Waals surface area (Å²) in [5, 5.41) is 6.56. The van der Waals surface area contributed by atoms with Gasteiger partial charge >= 0.3 is 0 Å². The normalized spacial score (nSPS) is 14.1. The van der Waals surface area contributed by atoms with Gasteiger partial charge in [0, 0.05) is 22.4 Å². The van der Waals surface area contributed by atoms with Gasteiger partial charge in [0.25, 0.3) is 0 Å². The van der Waals surface area contributed by atoms with Crippen molar-refractivity contribution >= 4 is 27.2 Å². The zero-order valence-electron chi connectivity index (χ0n) is 11.6. The monoisotopic (exact) mass is 293 g/mol. The van der Waals surface area contributed by atoms with Crippen LogP contribution >= 0.6 is 11.3 Å². The first kappa shape index (κ1) is 12.7. The predicted octanol–water partition coefficient (Wildman–Crippen LogP) is 3.78. The first-order chi connectivity index (χ1) is 10.3. The molecular formula is C18H15NOS. The third-order valence-electron chi connectivity index (χ3n) is 4.11. The van der Waals surface area contributed by atoms with Crippen LogP contribution in [-0.4, -0.2) is 12.3 Å². The maximum atomic E-state index is 13.0. The largest absolute Gasteiger partial charge is 0.312 e. The molecule has 3 aromatic rings. The molecule has 0 radical (unpaired) electrons. The van der Waals surface area contributed by atoms with E-state index in [9.17, 15) is 4.79 Å². The molecule has 0 fully saturated rings. The topological polar surface area (TPSA) is 29.1 Å². The van der Waals surface area contributed by atoms with E-state index in [2.05, 4.69) is 23.5 Å². The maximum Gasteiger partial charge on any atom is 0.194 e. The Morgan fingerprint density at radius 1 is 1.05 bits per heavy atom. The fourth-order valence-corrected chi connectivity index (χ4v) is 3.97. The van der Waals surface area contributed by atoms with Crippen molar-refractivity contribution in [1.29, 1.82) is 0 Å². The van der Waals surface area contributed by atoms with Gasteiger partial charge in [-0.25, -0.2) is 0 Å². The summed E-state index contributed by atoms with van der Waals surface area (Å²) in [6.07, 6.45) is 0.928. The molecule has 21 heavy (non-hydrogen) atoms. The number of fused-ring (bicyclic) bond motifs is 2. The van der Waals surface area contributed by atoms with Crippen molar-refractivity contribution in [1.82, 2.24) is 5.32 Å². The molecule has 4 rings (SSSR count). The van der Waals surface area contributed by atoms with Crippen molar-refractivity contribution in [2.24, 2.45) is 0 Å². The molecule has 0 unspecified atom stereocenters. The highest BCUT2D eigenvalue weighted by Gasteiger charge is 2.20. The summed E-state index contributed by atoms with van der Waals surface area (Å²) in [5.41, 5.74) is 4.17. The summed E-state index contributed by atoms with van der Waals surface area (Å²) in [6, 6.07) is 14.1. The summed E-state index contributed by atoms with van der Waals surface area (Å²) in [6.45, 7) is 1.81. The third-order valence-corrected chi connectivity index (χ3v) is 5.07. The van der Waals surface area contributed by atoms with Gasteiger partial charge in [0.05, 0.1) is 0 Å². The van der Waals surface area contributed by atoms with Crippen LogP contribution in [-0.2, 0) is 13.0 Å². The van der Waals surface area contributed by atoms with Crippen LogP contribution < -0.4 is 5.32 Å². The lowest BCUT2D eigenvalue weighted by Crippen LogP contribution is -2.25. The Morgan fingerprint density at radius 2 is 1.90 bits per heavy atom. The highest BCUT2D eigenvalue weighted by molar-refractivity contribution is 7.17. The van der Waals surface area contributed by atoms with E-state index < -0.39 is 0 Å². The average molecular weight is 293 g/mol. The van der Waals surface area contributed by atoms with Gasteiger partial charge in [-0.3, -0.25) is 4.79 Å². The van der Waals surface area contributed by atoms with Gasteiger partial charge in [-0.2, -0.15) is 0 Å². The quantitative estimate of drug-likeness (QED) is 0.729. The molecule has 0 atom stereocenters. The summed E-state index contributed by atoms with van der Waals surface area (Å²) in [4.78, 5) is 13.0. The molecule has 3 heteroatoms. The number of benzene rings is 2. The molecule has 1 aliphatic heterocycles. The number of rotatable bonds is 2. The number of carbonyl (C=O) groups excluding carboxylic acids is 1. The fraction of sp³-hybridized carbons (Fsp3) is 0.167. The summed E-state index contributed by atoms with van der Waals surface area (Å²) < 4.78 is 1.09. The predicted molar refractivity (Wildman–Crippen MR) is 87.1 cm³/mol. The van der Waals surface area contributed by atoms with Gasteiger partial charge in [0.15, 0.2) is 5.78 Å². The Morgan fingerprint density at radius 3 is 2.86 bits per heavy atom. The van der Waals surface area contributed by atoms with E-state index in [-0.39, 0.29) is 5.78 Å². The van der Waals surface area contributed by atoms with Gasteiger partial charge in [-0.1, -0.05) is 30.3 Å². The molecule has 1 N–H and O–H groups in total. The first-order valence-corrected chi connectivity index (χ1v) is 8.05. The van der Waals surface area contributed by atoms with Gasteiger partial charge in [0.1, 0.15) is 0 Å². The Hall–Kier alpha value is -1.97. The number of thiophene rings is 1. The van der Waals surface area contributed by atoms with Crippen molar-refractivity contribution < 1.29 is 4.79 Å². The van der Waals surface area contributed by atoms with Crippen LogP contribution in [0.4, 0.5) is 0 Å². The molecule has 0 aliphatic carbocycles. The third kappa shape index (κ3) is 2.09. The van der Waals surface area contributed by atoms with E-state index in [1.165, 1.54) is 11.1 Å². The Kier molecular flexibility index (Phi) is 3.09. The lowest BCUT2D eigenvalue weighted by molar-refractivity contribution is 0.103. The van der Waals surface area contributed by atoms with Crippen LogP contribution in [0.3, 0.4) is 0 Å². The minimum absolute atomic E-state index is 0.154. The van der Waals surface area contributed by atoms with E-state index in [1.54, 1.807) is 11.3 Å². The first-order valence-electron chi connectivity index (χ1n) is 7.17. The van der Waals surface area contributed by atoms with E-state index in [1.807, 2.05) is 29.6 Å². The SMILES string of the molecule is O=C(c1cccc2c1CCNC2)c1cccc2ccsc12. The fourth-order valence-electron chi connectivity index (χ4n) is 3.06. The second-order valence-electron chi connectivity index (χ2n) is 5.34. The molecule has 1 aromatic heterocycles. The van der Waals surface area contributed by atoms with Crippen molar-refractivity contribution in [2.75, 3.05) is 6.54 Å². The van der Waals surface area contributed by atoms with Gasteiger partial charge < -0.3 is 5.32 Å². The molecule has 0 spiro atoms. The van der Waals surface area contributed by atoms with Crippen LogP contribution in [0.5, 0.6) is 0 Å². The molecule has 0 bridgehead atoms. The zero-order chi connectivity index (χ0) is 14.2. The molecule has 2 heterocycles.